The van der Waals surface area contributed by atoms with E-state index < -0.39 is 23.2 Å². The highest BCUT2D eigenvalue weighted by atomic mass is 16.6. The number of rotatable bonds is 4. The van der Waals surface area contributed by atoms with E-state index in [-0.39, 0.29) is 0 Å². The fourth-order valence-corrected chi connectivity index (χ4v) is 3.49. The molecule has 0 radical (unpaired) electrons. The van der Waals surface area contributed by atoms with Gasteiger partial charge in [-0.15, -0.1) is 0 Å². The molecule has 1 amide bonds. The van der Waals surface area contributed by atoms with Gasteiger partial charge >= 0.3 is 12.1 Å². The standard InChI is InChI=1S/C21H27N3O4/c1-20(2,3)28-19(26)24-21(11-5-6-12-21)18-22-15-9-7-14(13-16(15)23-18)8-10-17(25)27-4/h7-10,13H,5-6,11-12H2,1-4H3,(H,22,23)(H,24,26). The van der Waals surface area contributed by atoms with Crippen LogP contribution >= 0.6 is 0 Å². The fraction of sp³-hybridized carbons (Fsp3) is 0.476. The number of carbonyl (C=O) groups excluding carboxylic acids is 2. The van der Waals surface area contributed by atoms with Gasteiger partial charge < -0.3 is 19.8 Å². The zero-order chi connectivity index (χ0) is 20.4. The number of hydrogen-bond donors (Lipinski definition) is 2. The molecule has 1 saturated carbocycles. The van der Waals surface area contributed by atoms with Gasteiger partial charge in [0.15, 0.2) is 0 Å². The molecule has 1 aromatic carbocycles. The van der Waals surface area contributed by atoms with Crippen molar-refractivity contribution in [1.82, 2.24) is 15.3 Å². The Hall–Kier alpha value is -2.83. The topological polar surface area (TPSA) is 93.3 Å². The SMILES string of the molecule is COC(=O)C=Cc1ccc2nc(C3(NC(=O)OC(C)(C)C)CCCC3)[nH]c2c1. The Kier molecular flexibility index (Phi) is 5.45. The number of nitrogens with one attached hydrogen (secondary N) is 2. The summed E-state index contributed by atoms with van der Waals surface area (Å²) < 4.78 is 10.1. The number of nitrogens with zero attached hydrogens (tertiary/aromatic N) is 1. The van der Waals surface area contributed by atoms with Crippen molar-refractivity contribution >= 4 is 29.2 Å². The quantitative estimate of drug-likeness (QED) is 0.612. The van der Waals surface area contributed by atoms with E-state index in [1.807, 2.05) is 39.0 Å². The lowest BCUT2D eigenvalue weighted by Crippen LogP contribution is -2.46. The Morgan fingerprint density at radius 2 is 1.96 bits per heavy atom. The number of carbonyl (C=O) groups is 2. The van der Waals surface area contributed by atoms with E-state index >= 15 is 0 Å². The molecule has 1 fully saturated rings. The number of hydrogen-bond acceptors (Lipinski definition) is 5. The second kappa shape index (κ2) is 7.66. The first-order valence-electron chi connectivity index (χ1n) is 9.48. The number of esters is 1. The molecule has 2 aromatic rings. The van der Waals surface area contributed by atoms with Crippen LogP contribution < -0.4 is 5.32 Å². The molecule has 3 rings (SSSR count). The van der Waals surface area contributed by atoms with Crippen LogP contribution in [0.5, 0.6) is 0 Å². The first-order chi connectivity index (χ1) is 13.2. The Labute approximate surface area is 164 Å². The van der Waals surface area contributed by atoms with E-state index in [0.717, 1.165) is 48.1 Å². The minimum Gasteiger partial charge on any atom is -0.466 e. The van der Waals surface area contributed by atoms with Crippen LogP contribution in [0.3, 0.4) is 0 Å². The summed E-state index contributed by atoms with van der Waals surface area (Å²) in [4.78, 5) is 31.8. The molecular formula is C21H27N3O4. The van der Waals surface area contributed by atoms with Gasteiger partial charge in [0.25, 0.3) is 0 Å². The Morgan fingerprint density at radius 3 is 2.61 bits per heavy atom. The maximum Gasteiger partial charge on any atom is 0.408 e. The van der Waals surface area contributed by atoms with Gasteiger partial charge in [0.1, 0.15) is 17.0 Å². The van der Waals surface area contributed by atoms with Crippen LogP contribution in [0, 0.1) is 0 Å². The molecule has 0 unspecified atom stereocenters. The molecule has 28 heavy (non-hydrogen) atoms. The van der Waals surface area contributed by atoms with Crippen LogP contribution in [-0.2, 0) is 19.8 Å². The van der Waals surface area contributed by atoms with Gasteiger partial charge in [0.05, 0.1) is 18.1 Å². The lowest BCUT2D eigenvalue weighted by atomic mass is 9.97. The lowest BCUT2D eigenvalue weighted by molar-refractivity contribution is -0.134. The van der Waals surface area contributed by atoms with Crippen molar-refractivity contribution in [2.45, 2.75) is 57.6 Å². The van der Waals surface area contributed by atoms with Crippen molar-refractivity contribution < 1.29 is 19.1 Å². The van der Waals surface area contributed by atoms with E-state index in [4.69, 9.17) is 9.72 Å². The van der Waals surface area contributed by atoms with Gasteiger partial charge in [-0.05, 0) is 57.4 Å². The molecule has 150 valence electrons. The van der Waals surface area contributed by atoms with Gasteiger partial charge in [-0.1, -0.05) is 18.9 Å². The molecule has 2 N–H and O–H groups in total. The number of aromatic nitrogens is 2. The van der Waals surface area contributed by atoms with Crippen LogP contribution in [0.25, 0.3) is 17.1 Å². The maximum atomic E-state index is 12.4. The number of aromatic amines is 1. The Morgan fingerprint density at radius 1 is 1.25 bits per heavy atom. The smallest absolute Gasteiger partial charge is 0.408 e. The van der Waals surface area contributed by atoms with Crippen LogP contribution in [0.15, 0.2) is 24.3 Å². The van der Waals surface area contributed by atoms with Crippen molar-refractivity contribution in [2.75, 3.05) is 7.11 Å². The minimum absolute atomic E-state index is 0.406. The number of ether oxygens (including phenoxy) is 2. The van der Waals surface area contributed by atoms with Crippen LogP contribution in [0.1, 0.15) is 57.8 Å². The molecule has 0 atom stereocenters. The zero-order valence-electron chi connectivity index (χ0n) is 16.8. The number of imidazole rings is 1. The van der Waals surface area contributed by atoms with Gasteiger partial charge in [-0.25, -0.2) is 14.6 Å². The molecule has 0 spiro atoms. The summed E-state index contributed by atoms with van der Waals surface area (Å²) in [6.07, 6.45) is 6.27. The number of H-pyrrole nitrogens is 1. The van der Waals surface area contributed by atoms with Crippen LogP contribution in [0.2, 0.25) is 0 Å². The highest BCUT2D eigenvalue weighted by Gasteiger charge is 2.41. The zero-order valence-corrected chi connectivity index (χ0v) is 16.8. The first-order valence-corrected chi connectivity index (χ1v) is 9.48. The predicted octanol–water partition coefficient (Wildman–Crippen LogP) is 4.04. The van der Waals surface area contributed by atoms with Crippen molar-refractivity contribution in [3.63, 3.8) is 0 Å². The molecule has 7 heteroatoms. The second-order valence-electron chi connectivity index (χ2n) is 8.13. The monoisotopic (exact) mass is 385 g/mol. The molecule has 1 aliphatic carbocycles. The van der Waals surface area contributed by atoms with Crippen molar-refractivity contribution in [2.24, 2.45) is 0 Å². The third kappa shape index (κ3) is 4.52. The molecule has 0 bridgehead atoms. The number of amides is 1. The minimum atomic E-state index is -0.557. The number of benzene rings is 1. The molecule has 1 aromatic heterocycles. The highest BCUT2D eigenvalue weighted by molar-refractivity contribution is 5.88. The van der Waals surface area contributed by atoms with Crippen LogP contribution in [0.4, 0.5) is 4.79 Å². The molecule has 1 heterocycles. The summed E-state index contributed by atoms with van der Waals surface area (Å²) in [6, 6.07) is 5.69. The average molecular weight is 385 g/mol. The molecule has 7 nitrogen and oxygen atoms in total. The van der Waals surface area contributed by atoms with Crippen molar-refractivity contribution in [1.29, 1.82) is 0 Å². The largest absolute Gasteiger partial charge is 0.466 e. The van der Waals surface area contributed by atoms with E-state index in [0.29, 0.717) is 0 Å². The number of fused-ring (bicyclic) bond motifs is 1. The normalized spacial score (nSPS) is 16.4. The van der Waals surface area contributed by atoms with Crippen molar-refractivity contribution in [3.05, 3.63) is 35.7 Å². The van der Waals surface area contributed by atoms with Crippen LogP contribution in [-0.4, -0.2) is 34.7 Å². The predicted molar refractivity (Wildman–Crippen MR) is 107 cm³/mol. The Balaban J connectivity index is 1.88. The number of methoxy groups -OCH3 is 1. The summed E-state index contributed by atoms with van der Waals surface area (Å²) in [5.41, 5.74) is 1.40. The van der Waals surface area contributed by atoms with Gasteiger partial charge in [0.2, 0.25) is 0 Å². The highest BCUT2D eigenvalue weighted by Crippen LogP contribution is 2.38. The lowest BCUT2D eigenvalue weighted by Gasteiger charge is -2.30. The summed E-state index contributed by atoms with van der Waals surface area (Å²) in [5, 5.41) is 3.06. The van der Waals surface area contributed by atoms with Gasteiger partial charge in [0, 0.05) is 6.08 Å². The van der Waals surface area contributed by atoms with Crippen molar-refractivity contribution in [3.8, 4) is 0 Å². The van der Waals surface area contributed by atoms with Gasteiger partial charge in [-0.3, -0.25) is 0 Å². The summed E-state index contributed by atoms with van der Waals surface area (Å²) >= 11 is 0. The molecule has 0 aliphatic heterocycles. The summed E-state index contributed by atoms with van der Waals surface area (Å²) in [7, 11) is 1.34. The van der Waals surface area contributed by atoms with Gasteiger partial charge in [-0.2, -0.15) is 0 Å². The molecule has 0 saturated heterocycles. The number of alkyl carbamates (subject to hydrolysis) is 1. The van der Waals surface area contributed by atoms with E-state index in [9.17, 15) is 9.59 Å². The molecular weight excluding hydrogens is 358 g/mol. The second-order valence-corrected chi connectivity index (χ2v) is 8.13. The van der Waals surface area contributed by atoms with E-state index in [2.05, 4.69) is 15.0 Å². The summed E-state index contributed by atoms with van der Waals surface area (Å²) in [6.45, 7) is 5.54. The Bertz CT molecular complexity index is 902. The molecule has 1 aliphatic rings. The average Bonchev–Trinajstić information content (AvgIpc) is 3.24. The third-order valence-corrected chi connectivity index (χ3v) is 4.77. The summed E-state index contributed by atoms with van der Waals surface area (Å²) in [5.74, 6) is 0.330. The van der Waals surface area contributed by atoms with E-state index in [1.165, 1.54) is 13.2 Å². The third-order valence-electron chi connectivity index (χ3n) is 4.77. The maximum absolute atomic E-state index is 12.4. The fourth-order valence-electron chi connectivity index (χ4n) is 3.49. The van der Waals surface area contributed by atoms with E-state index in [1.54, 1.807) is 6.08 Å². The first kappa shape index (κ1) is 19.9.